The van der Waals surface area contributed by atoms with Crippen molar-refractivity contribution < 1.29 is 4.79 Å². The summed E-state index contributed by atoms with van der Waals surface area (Å²) in [5.41, 5.74) is 3.87. The number of anilines is 2. The minimum absolute atomic E-state index is 0.202. The number of amides is 1. The normalized spacial score (nSPS) is 10.4. The van der Waals surface area contributed by atoms with Crippen LogP contribution in [-0.2, 0) is 6.54 Å². The topological polar surface area (TPSA) is 54.0 Å². The number of hydrogen-bond acceptors (Lipinski definition) is 3. The first kappa shape index (κ1) is 18.2. The fourth-order valence-corrected chi connectivity index (χ4v) is 2.88. The van der Waals surface area contributed by atoms with Crippen LogP contribution in [0, 0.1) is 6.92 Å². The lowest BCUT2D eigenvalue weighted by Crippen LogP contribution is -2.23. The molecule has 0 aliphatic heterocycles. The number of benzene rings is 2. The van der Waals surface area contributed by atoms with Gasteiger partial charge in [0, 0.05) is 12.7 Å². The lowest BCUT2D eigenvalue weighted by molar-refractivity contribution is 0.0950. The first-order chi connectivity index (χ1) is 12.5. The second-order valence-corrected chi connectivity index (χ2v) is 6.67. The van der Waals surface area contributed by atoms with Gasteiger partial charge in [-0.15, -0.1) is 0 Å². The zero-order valence-corrected chi connectivity index (χ0v) is 15.6. The van der Waals surface area contributed by atoms with E-state index in [-0.39, 0.29) is 5.91 Å². The van der Waals surface area contributed by atoms with Gasteiger partial charge < -0.3 is 10.6 Å². The van der Waals surface area contributed by atoms with Gasteiger partial charge in [-0.1, -0.05) is 59.1 Å². The minimum Gasteiger partial charge on any atom is -0.352 e. The zero-order valence-electron chi connectivity index (χ0n) is 14.1. The van der Waals surface area contributed by atoms with E-state index in [1.807, 2.05) is 31.2 Å². The van der Waals surface area contributed by atoms with E-state index in [4.69, 9.17) is 23.2 Å². The number of halogens is 2. The van der Waals surface area contributed by atoms with Crippen LogP contribution in [0.25, 0.3) is 0 Å². The van der Waals surface area contributed by atoms with Gasteiger partial charge in [0.25, 0.3) is 5.91 Å². The van der Waals surface area contributed by atoms with Crippen molar-refractivity contribution in [3.63, 3.8) is 0 Å². The van der Waals surface area contributed by atoms with Crippen LogP contribution in [0.5, 0.6) is 0 Å². The molecule has 132 valence electrons. The quantitative estimate of drug-likeness (QED) is 0.620. The Morgan fingerprint density at radius 3 is 2.42 bits per heavy atom. The summed E-state index contributed by atoms with van der Waals surface area (Å²) < 4.78 is 0. The Morgan fingerprint density at radius 2 is 1.73 bits per heavy atom. The molecule has 0 unspecified atom stereocenters. The summed E-state index contributed by atoms with van der Waals surface area (Å²) in [6.45, 7) is 2.48. The van der Waals surface area contributed by atoms with Crippen molar-refractivity contribution in [2.24, 2.45) is 0 Å². The van der Waals surface area contributed by atoms with Crippen molar-refractivity contribution >= 4 is 40.5 Å². The van der Waals surface area contributed by atoms with Gasteiger partial charge in [0.2, 0.25) is 0 Å². The van der Waals surface area contributed by atoms with Crippen molar-refractivity contribution in [3.8, 4) is 0 Å². The number of nitrogens with zero attached hydrogens (tertiary/aromatic N) is 1. The fraction of sp³-hybridized carbons (Fsp3) is 0.100. The first-order valence-electron chi connectivity index (χ1n) is 8.03. The SMILES string of the molecule is Cc1ccc(CNC(=O)c2cncc(Nc3c(Cl)cccc3Cl)c2)cc1. The van der Waals surface area contributed by atoms with Crippen LogP contribution in [0.2, 0.25) is 10.0 Å². The van der Waals surface area contributed by atoms with E-state index in [2.05, 4.69) is 15.6 Å². The number of aromatic nitrogens is 1. The lowest BCUT2D eigenvalue weighted by Gasteiger charge is -2.11. The van der Waals surface area contributed by atoms with E-state index in [0.717, 1.165) is 5.56 Å². The van der Waals surface area contributed by atoms with Crippen molar-refractivity contribution in [2.75, 3.05) is 5.32 Å². The van der Waals surface area contributed by atoms with Crippen LogP contribution in [0.1, 0.15) is 21.5 Å². The summed E-state index contributed by atoms with van der Waals surface area (Å²) in [4.78, 5) is 16.5. The van der Waals surface area contributed by atoms with Crippen LogP contribution < -0.4 is 10.6 Å². The molecule has 2 N–H and O–H groups in total. The molecule has 0 aliphatic rings. The highest BCUT2D eigenvalue weighted by Gasteiger charge is 2.10. The molecule has 0 aliphatic carbocycles. The van der Waals surface area contributed by atoms with Gasteiger partial charge in [-0.2, -0.15) is 0 Å². The maximum Gasteiger partial charge on any atom is 0.253 e. The molecular formula is C20H17Cl2N3O. The summed E-state index contributed by atoms with van der Waals surface area (Å²) in [6, 6.07) is 15.0. The Balaban J connectivity index is 1.70. The molecule has 0 radical (unpaired) electrons. The molecule has 0 saturated heterocycles. The Bertz CT molecular complexity index is 906. The molecule has 4 nitrogen and oxygen atoms in total. The molecule has 0 fully saturated rings. The summed E-state index contributed by atoms with van der Waals surface area (Å²) in [5, 5.41) is 6.98. The molecule has 0 bridgehead atoms. The van der Waals surface area contributed by atoms with Gasteiger partial charge in [0.1, 0.15) is 0 Å². The Kier molecular flexibility index (Phi) is 5.76. The van der Waals surface area contributed by atoms with E-state index in [1.165, 1.54) is 11.8 Å². The molecule has 1 aromatic heterocycles. The fourth-order valence-electron chi connectivity index (χ4n) is 2.38. The van der Waals surface area contributed by atoms with Gasteiger partial charge in [-0.25, -0.2) is 0 Å². The number of aryl methyl sites for hydroxylation is 1. The number of para-hydroxylation sites is 1. The third-order valence-electron chi connectivity index (χ3n) is 3.81. The molecular weight excluding hydrogens is 369 g/mol. The van der Waals surface area contributed by atoms with Crippen LogP contribution in [0.3, 0.4) is 0 Å². The van der Waals surface area contributed by atoms with Crippen LogP contribution in [0.4, 0.5) is 11.4 Å². The summed E-state index contributed by atoms with van der Waals surface area (Å²) in [7, 11) is 0. The Morgan fingerprint density at radius 1 is 1.04 bits per heavy atom. The highest BCUT2D eigenvalue weighted by molar-refractivity contribution is 6.39. The average Bonchev–Trinajstić information content (AvgIpc) is 2.64. The van der Waals surface area contributed by atoms with Crippen LogP contribution in [0.15, 0.2) is 60.9 Å². The van der Waals surface area contributed by atoms with Crippen molar-refractivity contribution in [2.45, 2.75) is 13.5 Å². The zero-order chi connectivity index (χ0) is 18.5. The number of rotatable bonds is 5. The van der Waals surface area contributed by atoms with Crippen LogP contribution >= 0.6 is 23.2 Å². The van der Waals surface area contributed by atoms with E-state index in [9.17, 15) is 4.79 Å². The smallest absolute Gasteiger partial charge is 0.253 e. The molecule has 1 heterocycles. The summed E-state index contributed by atoms with van der Waals surface area (Å²) in [5.74, 6) is -0.202. The van der Waals surface area contributed by atoms with Gasteiger partial charge in [-0.3, -0.25) is 9.78 Å². The summed E-state index contributed by atoms with van der Waals surface area (Å²) >= 11 is 12.3. The monoisotopic (exact) mass is 385 g/mol. The Labute approximate surface area is 162 Å². The second kappa shape index (κ2) is 8.21. The molecule has 0 saturated carbocycles. The third-order valence-corrected chi connectivity index (χ3v) is 4.44. The number of hydrogen-bond donors (Lipinski definition) is 2. The molecule has 6 heteroatoms. The first-order valence-corrected chi connectivity index (χ1v) is 8.78. The largest absolute Gasteiger partial charge is 0.352 e. The molecule has 26 heavy (non-hydrogen) atoms. The lowest BCUT2D eigenvalue weighted by atomic mass is 10.1. The maximum absolute atomic E-state index is 12.4. The predicted octanol–water partition coefficient (Wildman–Crippen LogP) is 5.37. The molecule has 0 spiro atoms. The summed E-state index contributed by atoms with van der Waals surface area (Å²) in [6.07, 6.45) is 3.13. The van der Waals surface area contributed by atoms with E-state index >= 15 is 0 Å². The van der Waals surface area contributed by atoms with Crippen molar-refractivity contribution in [1.29, 1.82) is 0 Å². The third kappa shape index (κ3) is 4.54. The van der Waals surface area contributed by atoms with E-state index in [1.54, 1.807) is 30.5 Å². The van der Waals surface area contributed by atoms with Crippen molar-refractivity contribution in [1.82, 2.24) is 10.3 Å². The van der Waals surface area contributed by atoms with Gasteiger partial charge in [0.15, 0.2) is 0 Å². The van der Waals surface area contributed by atoms with E-state index < -0.39 is 0 Å². The highest BCUT2D eigenvalue weighted by Crippen LogP contribution is 2.32. The number of carbonyl (C=O) groups is 1. The van der Waals surface area contributed by atoms with E-state index in [0.29, 0.717) is 33.5 Å². The standard InChI is InChI=1S/C20H17Cl2N3O/c1-13-5-7-14(8-6-13)10-24-20(26)15-9-16(12-23-11-15)25-19-17(21)3-2-4-18(19)22/h2-9,11-12,25H,10H2,1H3,(H,24,26). The van der Waals surface area contributed by atoms with Crippen LogP contribution in [-0.4, -0.2) is 10.9 Å². The maximum atomic E-state index is 12.4. The van der Waals surface area contributed by atoms with Gasteiger partial charge in [0.05, 0.1) is 33.2 Å². The predicted molar refractivity (Wildman–Crippen MR) is 106 cm³/mol. The molecule has 3 rings (SSSR count). The number of pyridine rings is 1. The highest BCUT2D eigenvalue weighted by atomic mass is 35.5. The number of carbonyl (C=O) groups excluding carboxylic acids is 1. The molecule has 3 aromatic rings. The molecule has 0 atom stereocenters. The Hall–Kier alpha value is -2.56. The van der Waals surface area contributed by atoms with Gasteiger partial charge >= 0.3 is 0 Å². The second-order valence-electron chi connectivity index (χ2n) is 5.85. The number of nitrogens with one attached hydrogen (secondary N) is 2. The molecule has 1 amide bonds. The molecule has 2 aromatic carbocycles. The minimum atomic E-state index is -0.202. The van der Waals surface area contributed by atoms with Crippen molar-refractivity contribution in [3.05, 3.63) is 87.7 Å². The van der Waals surface area contributed by atoms with Gasteiger partial charge in [-0.05, 0) is 30.7 Å². The average molecular weight is 386 g/mol.